The van der Waals surface area contributed by atoms with Crippen LogP contribution in [0.2, 0.25) is 0 Å². The Bertz CT molecular complexity index is 657. The maximum Gasteiger partial charge on any atom is 0.114 e. The third kappa shape index (κ3) is 3.25. The van der Waals surface area contributed by atoms with Gasteiger partial charge in [0.05, 0.1) is 31.5 Å². The zero-order valence-electron chi connectivity index (χ0n) is 14.1. The van der Waals surface area contributed by atoms with E-state index in [0.717, 1.165) is 13.0 Å². The minimum absolute atomic E-state index is 0.0575. The summed E-state index contributed by atoms with van der Waals surface area (Å²) in [5.41, 5.74) is 2.37. The molecule has 1 saturated heterocycles. The molecule has 0 bridgehead atoms. The van der Waals surface area contributed by atoms with E-state index in [-0.39, 0.29) is 17.8 Å². The van der Waals surface area contributed by atoms with Crippen molar-refractivity contribution in [3.05, 3.63) is 71.8 Å². The molecular formula is C21H24O3. The molecule has 1 saturated carbocycles. The van der Waals surface area contributed by atoms with Gasteiger partial charge < -0.3 is 14.2 Å². The maximum absolute atomic E-state index is 6.12. The van der Waals surface area contributed by atoms with Crippen molar-refractivity contribution in [1.82, 2.24) is 0 Å². The number of hydrogen-bond donors (Lipinski definition) is 0. The van der Waals surface area contributed by atoms with E-state index >= 15 is 0 Å². The first kappa shape index (κ1) is 15.8. The van der Waals surface area contributed by atoms with Gasteiger partial charge in [-0.3, -0.25) is 0 Å². The smallest absolute Gasteiger partial charge is 0.114 e. The molecule has 24 heavy (non-hydrogen) atoms. The molecule has 126 valence electrons. The Morgan fingerprint density at radius 2 is 1.58 bits per heavy atom. The van der Waals surface area contributed by atoms with Crippen molar-refractivity contribution in [3.63, 3.8) is 0 Å². The summed E-state index contributed by atoms with van der Waals surface area (Å²) >= 11 is 0. The van der Waals surface area contributed by atoms with Crippen LogP contribution in [0.25, 0.3) is 0 Å². The van der Waals surface area contributed by atoms with Crippen molar-refractivity contribution in [2.24, 2.45) is 5.92 Å². The van der Waals surface area contributed by atoms with Crippen LogP contribution in [-0.2, 0) is 27.4 Å². The van der Waals surface area contributed by atoms with Crippen molar-refractivity contribution in [2.75, 3.05) is 6.61 Å². The SMILES string of the molecule is C[C@]12O[C@H]1[C@H](OCc1ccccc1)C[C@@H]2COCc1ccccc1. The van der Waals surface area contributed by atoms with E-state index < -0.39 is 0 Å². The van der Waals surface area contributed by atoms with Crippen LogP contribution < -0.4 is 0 Å². The number of fused-ring (bicyclic) bond motifs is 1. The molecule has 0 spiro atoms. The Labute approximate surface area is 143 Å². The zero-order valence-corrected chi connectivity index (χ0v) is 14.1. The number of benzene rings is 2. The molecule has 1 aliphatic heterocycles. The summed E-state index contributed by atoms with van der Waals surface area (Å²) in [6.07, 6.45) is 1.43. The molecule has 2 fully saturated rings. The molecular weight excluding hydrogens is 300 g/mol. The number of ether oxygens (including phenoxy) is 3. The average molecular weight is 324 g/mol. The van der Waals surface area contributed by atoms with Crippen LogP contribution in [0.4, 0.5) is 0 Å². The minimum atomic E-state index is -0.0575. The lowest BCUT2D eigenvalue weighted by Crippen LogP contribution is -2.22. The fourth-order valence-electron chi connectivity index (χ4n) is 3.71. The Morgan fingerprint density at radius 1 is 0.958 bits per heavy atom. The molecule has 0 N–H and O–H groups in total. The maximum atomic E-state index is 6.12. The first-order chi connectivity index (χ1) is 11.8. The highest BCUT2D eigenvalue weighted by Gasteiger charge is 2.67. The molecule has 2 aliphatic rings. The quantitative estimate of drug-likeness (QED) is 0.722. The Morgan fingerprint density at radius 3 is 2.25 bits per heavy atom. The topological polar surface area (TPSA) is 31.0 Å². The fraction of sp³-hybridized carbons (Fsp3) is 0.429. The summed E-state index contributed by atoms with van der Waals surface area (Å²) in [6.45, 7) is 4.24. The van der Waals surface area contributed by atoms with Gasteiger partial charge in [0.15, 0.2) is 0 Å². The Hall–Kier alpha value is -1.68. The van der Waals surface area contributed by atoms with Crippen LogP contribution in [-0.4, -0.2) is 24.4 Å². The molecule has 2 aromatic carbocycles. The lowest BCUT2D eigenvalue weighted by Gasteiger charge is -2.19. The third-order valence-corrected chi connectivity index (χ3v) is 5.29. The summed E-state index contributed by atoms with van der Waals surface area (Å²) in [6, 6.07) is 20.6. The first-order valence-electron chi connectivity index (χ1n) is 8.71. The van der Waals surface area contributed by atoms with Gasteiger partial charge in [0.2, 0.25) is 0 Å². The summed E-state index contributed by atoms with van der Waals surface area (Å²) in [7, 11) is 0. The molecule has 2 aromatic rings. The highest BCUT2D eigenvalue weighted by Crippen LogP contribution is 2.54. The number of hydrogen-bond acceptors (Lipinski definition) is 3. The van der Waals surface area contributed by atoms with Crippen molar-refractivity contribution in [3.8, 4) is 0 Å². The summed E-state index contributed by atoms with van der Waals surface area (Å²) in [4.78, 5) is 0. The second kappa shape index (κ2) is 6.67. The van der Waals surface area contributed by atoms with Crippen molar-refractivity contribution in [2.45, 2.75) is 44.4 Å². The standard InChI is InChI=1S/C21H24O3/c1-21-18(15-22-13-16-8-4-2-5-9-16)12-19(20(21)24-21)23-14-17-10-6-3-7-11-17/h2-11,18-20H,12-15H2,1H3/t18-,19-,20+,21-/m1/s1. The van der Waals surface area contributed by atoms with E-state index in [4.69, 9.17) is 14.2 Å². The van der Waals surface area contributed by atoms with Gasteiger partial charge in [-0.05, 0) is 24.5 Å². The summed E-state index contributed by atoms with van der Waals surface area (Å²) < 4.78 is 18.0. The third-order valence-electron chi connectivity index (χ3n) is 5.29. The van der Waals surface area contributed by atoms with Gasteiger partial charge in [0.1, 0.15) is 6.10 Å². The molecule has 4 atom stereocenters. The lowest BCUT2D eigenvalue weighted by atomic mass is 9.98. The minimum Gasteiger partial charge on any atom is -0.376 e. The van der Waals surface area contributed by atoms with Gasteiger partial charge in [0.25, 0.3) is 0 Å². The van der Waals surface area contributed by atoms with E-state index in [1.54, 1.807) is 0 Å². The van der Waals surface area contributed by atoms with Crippen LogP contribution in [0.5, 0.6) is 0 Å². The Balaban J connectivity index is 1.27. The first-order valence-corrected chi connectivity index (χ1v) is 8.71. The second-order valence-electron chi connectivity index (χ2n) is 6.99. The monoisotopic (exact) mass is 324 g/mol. The molecule has 1 aliphatic carbocycles. The van der Waals surface area contributed by atoms with Crippen LogP contribution >= 0.6 is 0 Å². The normalized spacial score (nSPS) is 31.0. The van der Waals surface area contributed by atoms with Gasteiger partial charge in [-0.15, -0.1) is 0 Å². The van der Waals surface area contributed by atoms with Crippen LogP contribution in [0.1, 0.15) is 24.5 Å². The highest BCUT2D eigenvalue weighted by molar-refractivity contribution is 5.17. The van der Waals surface area contributed by atoms with E-state index in [1.807, 2.05) is 36.4 Å². The molecule has 0 unspecified atom stereocenters. The number of rotatable bonds is 7. The van der Waals surface area contributed by atoms with Crippen molar-refractivity contribution < 1.29 is 14.2 Å². The van der Waals surface area contributed by atoms with Gasteiger partial charge in [0, 0.05) is 5.92 Å². The predicted octanol–water partition coefficient (Wildman–Crippen LogP) is 3.97. The van der Waals surface area contributed by atoms with Crippen molar-refractivity contribution in [1.29, 1.82) is 0 Å². The molecule has 4 rings (SSSR count). The second-order valence-corrected chi connectivity index (χ2v) is 6.99. The average Bonchev–Trinajstić information content (AvgIpc) is 3.24. The van der Waals surface area contributed by atoms with Crippen molar-refractivity contribution >= 4 is 0 Å². The largest absolute Gasteiger partial charge is 0.376 e. The van der Waals surface area contributed by atoms with E-state index in [1.165, 1.54) is 11.1 Å². The van der Waals surface area contributed by atoms with E-state index in [0.29, 0.717) is 19.1 Å². The lowest BCUT2D eigenvalue weighted by molar-refractivity contribution is -0.0150. The van der Waals surface area contributed by atoms with E-state index in [2.05, 4.69) is 31.2 Å². The highest BCUT2D eigenvalue weighted by atomic mass is 16.6. The predicted molar refractivity (Wildman–Crippen MR) is 92.5 cm³/mol. The van der Waals surface area contributed by atoms with Gasteiger partial charge in [-0.1, -0.05) is 60.7 Å². The zero-order chi connectivity index (χ0) is 16.4. The van der Waals surface area contributed by atoms with Crippen LogP contribution in [0.3, 0.4) is 0 Å². The molecule has 1 heterocycles. The fourth-order valence-corrected chi connectivity index (χ4v) is 3.71. The van der Waals surface area contributed by atoms with Gasteiger partial charge in [-0.2, -0.15) is 0 Å². The summed E-state index contributed by atoms with van der Waals surface area (Å²) in [5.74, 6) is 0.409. The molecule has 0 aromatic heterocycles. The molecule has 0 amide bonds. The Kier molecular flexibility index (Phi) is 4.40. The molecule has 3 nitrogen and oxygen atoms in total. The van der Waals surface area contributed by atoms with E-state index in [9.17, 15) is 0 Å². The van der Waals surface area contributed by atoms with Crippen LogP contribution in [0.15, 0.2) is 60.7 Å². The van der Waals surface area contributed by atoms with Crippen LogP contribution in [0, 0.1) is 5.92 Å². The summed E-state index contributed by atoms with van der Waals surface area (Å²) in [5, 5.41) is 0. The molecule has 0 radical (unpaired) electrons. The van der Waals surface area contributed by atoms with Gasteiger partial charge in [-0.25, -0.2) is 0 Å². The number of epoxide rings is 1. The molecule has 3 heteroatoms. The van der Waals surface area contributed by atoms with Gasteiger partial charge >= 0.3 is 0 Å².